The lowest BCUT2D eigenvalue weighted by Crippen LogP contribution is -2.47. The zero-order chi connectivity index (χ0) is 16.0. The number of alkyl halides is 1. The van der Waals surface area contributed by atoms with Crippen molar-refractivity contribution >= 4 is 0 Å². The summed E-state index contributed by atoms with van der Waals surface area (Å²) in [4.78, 5) is 2.73. The van der Waals surface area contributed by atoms with Crippen molar-refractivity contribution in [3.8, 4) is 0 Å². The van der Waals surface area contributed by atoms with E-state index in [-0.39, 0.29) is 6.67 Å². The molecule has 0 amide bonds. The van der Waals surface area contributed by atoms with Crippen molar-refractivity contribution in [2.45, 2.75) is 96.6 Å². The molecule has 0 aromatic carbocycles. The molecular formula is C19H39FN2. The zero-order valence-electron chi connectivity index (χ0n) is 15.1. The fraction of sp³-hybridized carbons (Fsp3) is 1.00. The van der Waals surface area contributed by atoms with Gasteiger partial charge in [0, 0.05) is 18.6 Å². The lowest BCUT2D eigenvalue weighted by atomic mass is 9.96. The molecule has 1 atom stereocenters. The Balaban J connectivity index is 2.31. The van der Waals surface area contributed by atoms with Crippen molar-refractivity contribution in [2.75, 3.05) is 26.3 Å². The van der Waals surface area contributed by atoms with Crippen molar-refractivity contribution < 1.29 is 4.39 Å². The van der Waals surface area contributed by atoms with E-state index in [1.165, 1.54) is 83.7 Å². The van der Waals surface area contributed by atoms with Gasteiger partial charge in [-0.25, -0.2) is 4.39 Å². The van der Waals surface area contributed by atoms with Crippen molar-refractivity contribution in [2.24, 2.45) is 0 Å². The molecule has 1 heterocycles. The van der Waals surface area contributed by atoms with Crippen molar-refractivity contribution in [1.29, 1.82) is 0 Å². The number of rotatable bonds is 13. The van der Waals surface area contributed by atoms with Crippen molar-refractivity contribution in [3.05, 3.63) is 0 Å². The molecule has 2 nitrogen and oxygen atoms in total. The molecule has 1 saturated heterocycles. The highest BCUT2D eigenvalue weighted by Gasteiger charge is 2.24. The highest BCUT2D eigenvalue weighted by atomic mass is 19.1. The van der Waals surface area contributed by atoms with Gasteiger partial charge in [-0.1, -0.05) is 58.8 Å². The van der Waals surface area contributed by atoms with E-state index in [0.29, 0.717) is 12.6 Å². The van der Waals surface area contributed by atoms with Crippen LogP contribution in [-0.4, -0.2) is 43.3 Å². The summed E-state index contributed by atoms with van der Waals surface area (Å²) in [5, 5.41) is 3.34. The van der Waals surface area contributed by atoms with Crippen LogP contribution in [0.4, 0.5) is 4.39 Å². The van der Waals surface area contributed by atoms with Crippen LogP contribution in [0.1, 0.15) is 84.5 Å². The molecule has 1 N–H and O–H groups in total. The predicted molar refractivity (Wildman–Crippen MR) is 95.3 cm³/mol. The molecular weight excluding hydrogens is 275 g/mol. The molecule has 1 aliphatic rings. The molecule has 0 spiro atoms. The van der Waals surface area contributed by atoms with Crippen LogP contribution in [0, 0.1) is 0 Å². The molecule has 1 unspecified atom stereocenters. The fourth-order valence-electron chi connectivity index (χ4n) is 3.67. The van der Waals surface area contributed by atoms with Crippen LogP contribution in [0.25, 0.3) is 0 Å². The Labute approximate surface area is 138 Å². The van der Waals surface area contributed by atoms with Gasteiger partial charge in [0.15, 0.2) is 0 Å². The van der Waals surface area contributed by atoms with E-state index in [1.807, 2.05) is 0 Å². The number of unbranched alkanes of at least 4 members (excludes halogenated alkanes) is 5. The first-order chi connectivity index (χ1) is 10.8. The second-order valence-corrected chi connectivity index (χ2v) is 6.95. The highest BCUT2D eigenvalue weighted by Crippen LogP contribution is 2.21. The topological polar surface area (TPSA) is 15.3 Å². The third-order valence-corrected chi connectivity index (χ3v) is 5.11. The number of likely N-dealkylation sites (tertiary alicyclic amines) is 1. The van der Waals surface area contributed by atoms with E-state index < -0.39 is 0 Å². The first-order valence-electron chi connectivity index (χ1n) is 9.85. The van der Waals surface area contributed by atoms with Crippen LogP contribution >= 0.6 is 0 Å². The van der Waals surface area contributed by atoms with Crippen molar-refractivity contribution in [3.63, 3.8) is 0 Å². The number of hydrogen-bond acceptors (Lipinski definition) is 2. The molecule has 22 heavy (non-hydrogen) atoms. The van der Waals surface area contributed by atoms with E-state index >= 15 is 0 Å². The molecule has 1 rings (SSSR count). The summed E-state index contributed by atoms with van der Waals surface area (Å²) in [6, 6.07) is 1.34. The summed E-state index contributed by atoms with van der Waals surface area (Å²) in [5.41, 5.74) is 0. The lowest BCUT2D eigenvalue weighted by Gasteiger charge is -2.38. The predicted octanol–water partition coefficient (Wildman–Crippen LogP) is 4.93. The van der Waals surface area contributed by atoms with Gasteiger partial charge >= 0.3 is 0 Å². The van der Waals surface area contributed by atoms with Gasteiger partial charge in [0.2, 0.25) is 0 Å². The van der Waals surface area contributed by atoms with Gasteiger partial charge in [0.1, 0.15) is 6.67 Å². The summed E-state index contributed by atoms with van der Waals surface area (Å²) in [6.45, 7) is 7.27. The molecule has 3 heteroatoms. The third-order valence-electron chi connectivity index (χ3n) is 5.11. The van der Waals surface area contributed by atoms with Crippen molar-refractivity contribution in [1.82, 2.24) is 10.2 Å². The monoisotopic (exact) mass is 314 g/mol. The van der Waals surface area contributed by atoms with E-state index in [9.17, 15) is 4.39 Å². The molecule has 0 saturated carbocycles. The van der Waals surface area contributed by atoms with Crippen LogP contribution in [0.15, 0.2) is 0 Å². The van der Waals surface area contributed by atoms with Crippen LogP contribution in [0.3, 0.4) is 0 Å². The van der Waals surface area contributed by atoms with E-state index in [1.54, 1.807) is 0 Å². The molecule has 1 aliphatic heterocycles. The maximum absolute atomic E-state index is 12.3. The van der Waals surface area contributed by atoms with Gasteiger partial charge in [-0.15, -0.1) is 0 Å². The normalized spacial score (nSPS) is 18.7. The minimum Gasteiger partial charge on any atom is -0.311 e. The summed E-state index contributed by atoms with van der Waals surface area (Å²) in [7, 11) is 0. The first-order valence-corrected chi connectivity index (χ1v) is 9.85. The molecule has 132 valence electrons. The summed E-state index contributed by atoms with van der Waals surface area (Å²) in [6.07, 6.45) is 14.7. The Bertz CT molecular complexity index is 240. The number of nitrogens with zero attached hydrogens (tertiary/aromatic N) is 1. The zero-order valence-corrected chi connectivity index (χ0v) is 15.1. The minimum absolute atomic E-state index is 0.239. The maximum atomic E-state index is 12.3. The SMILES string of the molecule is CCCCCCC(CCCCC)N1CCC(NCCF)CC1. The maximum Gasteiger partial charge on any atom is 0.102 e. The second-order valence-electron chi connectivity index (χ2n) is 6.95. The Kier molecular flexibility index (Phi) is 12.0. The van der Waals surface area contributed by atoms with E-state index in [2.05, 4.69) is 24.1 Å². The van der Waals surface area contributed by atoms with Crippen LogP contribution in [0.5, 0.6) is 0 Å². The van der Waals surface area contributed by atoms with Gasteiger partial charge in [0.05, 0.1) is 0 Å². The van der Waals surface area contributed by atoms with E-state index in [0.717, 1.165) is 6.04 Å². The molecule has 1 fully saturated rings. The summed E-state index contributed by atoms with van der Waals surface area (Å²) in [5.74, 6) is 0. The largest absolute Gasteiger partial charge is 0.311 e. The quantitative estimate of drug-likeness (QED) is 0.485. The Hall–Kier alpha value is -0.150. The van der Waals surface area contributed by atoms with Crippen LogP contribution in [-0.2, 0) is 0 Å². The van der Waals surface area contributed by atoms with Gasteiger partial charge < -0.3 is 10.2 Å². The molecule has 0 radical (unpaired) electrons. The van der Waals surface area contributed by atoms with Crippen LogP contribution in [0.2, 0.25) is 0 Å². The standard InChI is InChI=1S/C19H39FN2/c1-3-5-7-9-11-19(10-8-6-4-2)22-16-12-18(13-17-22)21-15-14-20/h18-19,21H,3-17H2,1-2H3. The number of halogens is 1. The van der Waals surface area contributed by atoms with Gasteiger partial charge in [0.25, 0.3) is 0 Å². The van der Waals surface area contributed by atoms with Gasteiger partial charge in [-0.2, -0.15) is 0 Å². The minimum atomic E-state index is -0.239. The third kappa shape index (κ3) is 8.47. The highest BCUT2D eigenvalue weighted by molar-refractivity contribution is 4.81. The molecule has 0 aromatic heterocycles. The molecule has 0 aliphatic carbocycles. The Morgan fingerprint density at radius 1 is 0.955 bits per heavy atom. The Morgan fingerprint density at radius 3 is 2.14 bits per heavy atom. The fourth-order valence-corrected chi connectivity index (χ4v) is 3.67. The summed E-state index contributed by atoms with van der Waals surface area (Å²) < 4.78 is 12.3. The molecule has 0 aromatic rings. The second kappa shape index (κ2) is 13.3. The van der Waals surface area contributed by atoms with E-state index in [4.69, 9.17) is 0 Å². The molecule has 0 bridgehead atoms. The number of hydrogen-bond donors (Lipinski definition) is 1. The average molecular weight is 315 g/mol. The van der Waals surface area contributed by atoms with Gasteiger partial charge in [-0.05, 0) is 38.8 Å². The average Bonchev–Trinajstić information content (AvgIpc) is 2.56. The first kappa shape index (κ1) is 19.9. The number of piperidine rings is 1. The number of nitrogens with one attached hydrogen (secondary N) is 1. The Morgan fingerprint density at radius 2 is 1.55 bits per heavy atom. The van der Waals surface area contributed by atoms with Crippen LogP contribution < -0.4 is 5.32 Å². The lowest BCUT2D eigenvalue weighted by molar-refractivity contribution is 0.125. The smallest absolute Gasteiger partial charge is 0.102 e. The van der Waals surface area contributed by atoms with Gasteiger partial charge in [-0.3, -0.25) is 0 Å². The summed E-state index contributed by atoms with van der Waals surface area (Å²) >= 11 is 0.